The Labute approximate surface area is 145 Å². The highest BCUT2D eigenvalue weighted by molar-refractivity contribution is 5.77. The van der Waals surface area contributed by atoms with Crippen LogP contribution in [0.25, 0.3) is 0 Å². The van der Waals surface area contributed by atoms with Crippen molar-refractivity contribution >= 4 is 5.96 Å². The second kappa shape index (κ2) is 9.84. The van der Waals surface area contributed by atoms with E-state index in [9.17, 15) is 0 Å². The fourth-order valence-electron chi connectivity index (χ4n) is 2.99. The van der Waals surface area contributed by atoms with Gasteiger partial charge in [0.05, 0.1) is 6.54 Å². The molecule has 1 aromatic rings. The predicted molar refractivity (Wildman–Crippen MR) is 99.2 cm³/mol. The molecule has 1 heterocycles. The van der Waals surface area contributed by atoms with Gasteiger partial charge in [0, 0.05) is 12.6 Å². The number of nitrogens with one attached hydrogen (secondary N) is 1. The summed E-state index contributed by atoms with van der Waals surface area (Å²) in [6.07, 6.45) is 8.54. The number of ether oxygens (including phenoxy) is 1. The summed E-state index contributed by atoms with van der Waals surface area (Å²) in [4.78, 5) is 6.96. The van der Waals surface area contributed by atoms with Crippen molar-refractivity contribution in [2.45, 2.75) is 32.2 Å². The molecule has 0 aliphatic carbocycles. The zero-order valence-electron chi connectivity index (χ0n) is 14.5. The van der Waals surface area contributed by atoms with Gasteiger partial charge in [-0.1, -0.05) is 25.0 Å². The van der Waals surface area contributed by atoms with Crippen molar-refractivity contribution in [1.82, 2.24) is 10.2 Å². The Hall–Kier alpha value is -2.19. The molecule has 1 aliphatic rings. The molecule has 1 aromatic carbocycles. The van der Waals surface area contributed by atoms with E-state index in [1.165, 1.54) is 24.9 Å². The van der Waals surface area contributed by atoms with Gasteiger partial charge in [-0.15, -0.1) is 6.42 Å². The van der Waals surface area contributed by atoms with Gasteiger partial charge in [0.25, 0.3) is 0 Å². The fraction of sp³-hybridized carbons (Fsp3) is 0.526. The van der Waals surface area contributed by atoms with Crippen molar-refractivity contribution in [2.24, 2.45) is 10.7 Å². The molecule has 0 aromatic heterocycles. The maximum Gasteiger partial charge on any atom is 0.188 e. The minimum atomic E-state index is 0.296. The van der Waals surface area contributed by atoms with E-state index in [1.54, 1.807) is 0 Å². The molecule has 1 fully saturated rings. The molecule has 1 atom stereocenters. The Morgan fingerprint density at radius 1 is 1.46 bits per heavy atom. The Bertz CT molecular complexity index is 562. The van der Waals surface area contributed by atoms with E-state index in [1.807, 2.05) is 24.3 Å². The first-order valence-electron chi connectivity index (χ1n) is 8.66. The van der Waals surface area contributed by atoms with Gasteiger partial charge in [-0.05, 0) is 50.0 Å². The summed E-state index contributed by atoms with van der Waals surface area (Å²) in [6, 6.07) is 8.50. The molecule has 1 saturated heterocycles. The molecule has 0 saturated carbocycles. The standard InChI is InChI=1S/C19H28N4O/c1-3-14-24-18-9-7-16(8-10-18)11-12-21-19(20)22-15-17-6-5-13-23(17)4-2/h1,7-10,17H,4-6,11-15H2,2H3,(H3,20,21,22). The summed E-state index contributed by atoms with van der Waals surface area (Å²) < 4.78 is 5.36. The third-order valence-corrected chi connectivity index (χ3v) is 4.34. The molecule has 2 rings (SSSR count). The molecule has 0 spiro atoms. The van der Waals surface area contributed by atoms with Crippen LogP contribution < -0.4 is 15.8 Å². The maximum absolute atomic E-state index is 5.96. The lowest BCUT2D eigenvalue weighted by atomic mass is 10.1. The number of likely N-dealkylation sites (tertiary alicyclic amines) is 1. The van der Waals surface area contributed by atoms with Crippen LogP contribution in [0.2, 0.25) is 0 Å². The molecule has 130 valence electrons. The lowest BCUT2D eigenvalue weighted by Gasteiger charge is -2.20. The number of nitrogens with two attached hydrogens (primary N) is 1. The van der Waals surface area contributed by atoms with E-state index >= 15 is 0 Å². The molecular formula is C19H28N4O. The Kier molecular flexibility index (Phi) is 7.44. The van der Waals surface area contributed by atoms with Crippen LogP contribution >= 0.6 is 0 Å². The van der Waals surface area contributed by atoms with Crippen LogP contribution in [0, 0.1) is 12.3 Å². The minimum absolute atomic E-state index is 0.296. The number of nitrogens with zero attached hydrogens (tertiary/aromatic N) is 2. The van der Waals surface area contributed by atoms with Crippen molar-refractivity contribution in [1.29, 1.82) is 0 Å². The lowest BCUT2D eigenvalue weighted by Crippen LogP contribution is -2.36. The predicted octanol–water partition coefficient (Wildman–Crippen LogP) is 1.63. The van der Waals surface area contributed by atoms with Gasteiger partial charge >= 0.3 is 0 Å². The van der Waals surface area contributed by atoms with Crippen LogP contribution in [-0.2, 0) is 6.42 Å². The van der Waals surface area contributed by atoms with Crippen molar-refractivity contribution in [3.63, 3.8) is 0 Å². The molecule has 0 amide bonds. The van der Waals surface area contributed by atoms with E-state index in [-0.39, 0.29) is 0 Å². The molecule has 1 aliphatic heterocycles. The molecule has 3 N–H and O–H groups in total. The van der Waals surface area contributed by atoms with E-state index in [0.717, 1.165) is 31.8 Å². The highest BCUT2D eigenvalue weighted by atomic mass is 16.5. The number of guanidine groups is 1. The van der Waals surface area contributed by atoms with E-state index in [0.29, 0.717) is 18.6 Å². The highest BCUT2D eigenvalue weighted by Gasteiger charge is 2.22. The average Bonchev–Trinajstić information content (AvgIpc) is 3.07. The Morgan fingerprint density at radius 3 is 2.96 bits per heavy atom. The summed E-state index contributed by atoms with van der Waals surface area (Å²) in [5.41, 5.74) is 7.18. The second-order valence-corrected chi connectivity index (χ2v) is 5.96. The number of rotatable bonds is 8. The number of likely N-dealkylation sites (N-methyl/N-ethyl adjacent to an activating group) is 1. The third kappa shape index (κ3) is 5.78. The van der Waals surface area contributed by atoms with Crippen molar-refractivity contribution < 1.29 is 4.74 Å². The number of terminal acetylenes is 1. The minimum Gasteiger partial charge on any atom is -0.481 e. The largest absolute Gasteiger partial charge is 0.481 e. The molecule has 0 bridgehead atoms. The lowest BCUT2D eigenvalue weighted by molar-refractivity contribution is 0.273. The number of aliphatic imine (C=N–C) groups is 1. The summed E-state index contributed by atoms with van der Waals surface area (Å²) in [5, 5.41) is 3.19. The average molecular weight is 328 g/mol. The first kappa shape index (κ1) is 18.2. The molecular weight excluding hydrogens is 300 g/mol. The van der Waals surface area contributed by atoms with Gasteiger partial charge in [0.1, 0.15) is 12.4 Å². The fourth-order valence-corrected chi connectivity index (χ4v) is 2.99. The highest BCUT2D eigenvalue weighted by Crippen LogP contribution is 2.16. The molecule has 0 radical (unpaired) electrons. The summed E-state index contributed by atoms with van der Waals surface area (Å²) in [5.74, 6) is 3.78. The molecule has 5 nitrogen and oxygen atoms in total. The maximum atomic E-state index is 5.96. The van der Waals surface area contributed by atoms with Gasteiger partial charge in [-0.25, -0.2) is 0 Å². The Morgan fingerprint density at radius 2 is 2.25 bits per heavy atom. The number of hydrogen-bond donors (Lipinski definition) is 2. The van der Waals surface area contributed by atoms with Crippen LogP contribution in [0.15, 0.2) is 29.3 Å². The van der Waals surface area contributed by atoms with Crippen molar-refractivity contribution in [3.05, 3.63) is 29.8 Å². The van der Waals surface area contributed by atoms with Gasteiger partial charge in [0.2, 0.25) is 0 Å². The van der Waals surface area contributed by atoms with E-state index in [2.05, 4.69) is 28.1 Å². The normalized spacial score (nSPS) is 18.3. The monoisotopic (exact) mass is 328 g/mol. The van der Waals surface area contributed by atoms with Crippen LogP contribution in [0.1, 0.15) is 25.3 Å². The molecule has 1 unspecified atom stereocenters. The first-order valence-corrected chi connectivity index (χ1v) is 8.66. The quantitative estimate of drug-likeness (QED) is 0.432. The van der Waals surface area contributed by atoms with Gasteiger partial charge < -0.3 is 15.8 Å². The SMILES string of the molecule is C#CCOc1ccc(CCNC(N)=NCC2CCCN2CC)cc1. The van der Waals surface area contributed by atoms with E-state index in [4.69, 9.17) is 16.9 Å². The molecule has 24 heavy (non-hydrogen) atoms. The summed E-state index contributed by atoms with van der Waals surface area (Å²) in [6.45, 7) is 6.33. The van der Waals surface area contributed by atoms with Gasteiger partial charge in [0.15, 0.2) is 5.96 Å². The second-order valence-electron chi connectivity index (χ2n) is 5.96. The van der Waals surface area contributed by atoms with Crippen LogP contribution in [-0.4, -0.2) is 49.7 Å². The number of benzene rings is 1. The van der Waals surface area contributed by atoms with Gasteiger partial charge in [-0.3, -0.25) is 9.89 Å². The van der Waals surface area contributed by atoms with Crippen LogP contribution in [0.4, 0.5) is 0 Å². The van der Waals surface area contributed by atoms with E-state index < -0.39 is 0 Å². The third-order valence-electron chi connectivity index (χ3n) is 4.34. The smallest absolute Gasteiger partial charge is 0.188 e. The number of hydrogen-bond acceptors (Lipinski definition) is 3. The van der Waals surface area contributed by atoms with Crippen LogP contribution in [0.3, 0.4) is 0 Å². The molecule has 5 heteroatoms. The summed E-state index contributed by atoms with van der Waals surface area (Å²) >= 11 is 0. The van der Waals surface area contributed by atoms with Crippen LogP contribution in [0.5, 0.6) is 5.75 Å². The van der Waals surface area contributed by atoms with Crippen molar-refractivity contribution in [3.8, 4) is 18.1 Å². The first-order chi connectivity index (χ1) is 11.7. The zero-order valence-corrected chi connectivity index (χ0v) is 14.5. The summed E-state index contributed by atoms with van der Waals surface area (Å²) in [7, 11) is 0. The zero-order chi connectivity index (χ0) is 17.2. The topological polar surface area (TPSA) is 62.9 Å². The van der Waals surface area contributed by atoms with Crippen molar-refractivity contribution in [2.75, 3.05) is 32.8 Å². The Balaban J connectivity index is 1.69. The van der Waals surface area contributed by atoms with Gasteiger partial charge in [-0.2, -0.15) is 0 Å².